The molecule has 0 unspecified atom stereocenters. The molecule has 3 N–H and O–H groups in total. The van der Waals surface area contributed by atoms with E-state index in [9.17, 15) is 9.59 Å². The fourth-order valence-corrected chi connectivity index (χ4v) is 3.36. The molecule has 5 nitrogen and oxygen atoms in total. The molecule has 23 heavy (non-hydrogen) atoms. The number of rotatable bonds is 6. The smallest absolute Gasteiger partial charge is 0.239 e. The highest BCUT2D eigenvalue weighted by atomic mass is 16.2. The summed E-state index contributed by atoms with van der Waals surface area (Å²) in [6, 6.07) is 9.14. The summed E-state index contributed by atoms with van der Waals surface area (Å²) in [5.74, 6) is 0.405. The zero-order chi connectivity index (χ0) is 16.2. The molecule has 0 bridgehead atoms. The molecule has 2 fully saturated rings. The Kier molecular flexibility index (Phi) is 4.96. The first-order valence-corrected chi connectivity index (χ1v) is 8.51. The number of hydrogen-bond acceptors (Lipinski definition) is 3. The zero-order valence-electron chi connectivity index (χ0n) is 13.4. The van der Waals surface area contributed by atoms with Gasteiger partial charge in [-0.1, -0.05) is 30.3 Å². The van der Waals surface area contributed by atoms with Crippen molar-refractivity contribution in [3.63, 3.8) is 0 Å². The molecule has 1 aromatic carbocycles. The van der Waals surface area contributed by atoms with Crippen LogP contribution in [0.25, 0.3) is 0 Å². The van der Waals surface area contributed by atoms with Gasteiger partial charge in [-0.2, -0.15) is 0 Å². The van der Waals surface area contributed by atoms with Gasteiger partial charge in [-0.3, -0.25) is 14.5 Å². The molecule has 2 amide bonds. The summed E-state index contributed by atoms with van der Waals surface area (Å²) in [5, 5.41) is 3.06. The Hall–Kier alpha value is -1.88. The molecule has 0 spiro atoms. The molecule has 1 heterocycles. The first-order chi connectivity index (χ1) is 11.1. The van der Waals surface area contributed by atoms with E-state index in [2.05, 4.69) is 10.2 Å². The predicted molar refractivity (Wildman–Crippen MR) is 88.4 cm³/mol. The average molecular weight is 315 g/mol. The van der Waals surface area contributed by atoms with Crippen molar-refractivity contribution < 1.29 is 9.59 Å². The molecule has 1 saturated carbocycles. The maximum Gasteiger partial charge on any atom is 0.239 e. The SMILES string of the molecule is NC(=O)[C@@H](c1ccccc1)N1CCC[C@H](C(=O)NCC2CC2)C1. The van der Waals surface area contributed by atoms with Crippen LogP contribution in [0.4, 0.5) is 0 Å². The van der Waals surface area contributed by atoms with E-state index in [1.54, 1.807) is 0 Å². The predicted octanol–water partition coefficient (Wildman–Crippen LogP) is 1.45. The number of carbonyl (C=O) groups is 2. The molecule has 1 saturated heterocycles. The Morgan fingerprint density at radius 3 is 2.61 bits per heavy atom. The van der Waals surface area contributed by atoms with Crippen LogP contribution in [0, 0.1) is 11.8 Å². The van der Waals surface area contributed by atoms with Crippen LogP contribution in [0.2, 0.25) is 0 Å². The minimum absolute atomic E-state index is 0.0481. The van der Waals surface area contributed by atoms with Gasteiger partial charge in [0.25, 0.3) is 0 Å². The number of likely N-dealkylation sites (tertiary alicyclic amines) is 1. The van der Waals surface area contributed by atoms with E-state index >= 15 is 0 Å². The van der Waals surface area contributed by atoms with Crippen LogP contribution in [0.5, 0.6) is 0 Å². The second-order valence-corrected chi connectivity index (χ2v) is 6.74. The second-order valence-electron chi connectivity index (χ2n) is 6.74. The van der Waals surface area contributed by atoms with Crippen LogP contribution in [0.3, 0.4) is 0 Å². The van der Waals surface area contributed by atoms with Gasteiger partial charge >= 0.3 is 0 Å². The van der Waals surface area contributed by atoms with Gasteiger partial charge in [0.2, 0.25) is 11.8 Å². The van der Waals surface area contributed by atoms with Gasteiger partial charge in [0.15, 0.2) is 0 Å². The number of hydrogen-bond donors (Lipinski definition) is 2. The molecule has 1 aliphatic carbocycles. The summed E-state index contributed by atoms with van der Waals surface area (Å²) in [7, 11) is 0. The summed E-state index contributed by atoms with van der Waals surface area (Å²) < 4.78 is 0. The van der Waals surface area contributed by atoms with E-state index in [1.807, 2.05) is 30.3 Å². The number of amides is 2. The number of benzene rings is 1. The van der Waals surface area contributed by atoms with Crippen LogP contribution >= 0.6 is 0 Å². The zero-order valence-corrected chi connectivity index (χ0v) is 13.4. The van der Waals surface area contributed by atoms with E-state index in [0.29, 0.717) is 12.5 Å². The van der Waals surface area contributed by atoms with Crippen LogP contribution in [-0.4, -0.2) is 36.3 Å². The van der Waals surface area contributed by atoms with Crippen LogP contribution in [-0.2, 0) is 9.59 Å². The van der Waals surface area contributed by atoms with Crippen molar-refractivity contribution in [2.75, 3.05) is 19.6 Å². The number of nitrogens with two attached hydrogens (primary N) is 1. The highest BCUT2D eigenvalue weighted by molar-refractivity contribution is 5.82. The largest absolute Gasteiger partial charge is 0.368 e. The van der Waals surface area contributed by atoms with E-state index in [1.165, 1.54) is 12.8 Å². The van der Waals surface area contributed by atoms with Crippen molar-refractivity contribution in [2.45, 2.75) is 31.7 Å². The Morgan fingerprint density at radius 2 is 1.96 bits per heavy atom. The third-order valence-electron chi connectivity index (χ3n) is 4.84. The van der Waals surface area contributed by atoms with Crippen molar-refractivity contribution in [2.24, 2.45) is 17.6 Å². The van der Waals surface area contributed by atoms with E-state index in [4.69, 9.17) is 5.73 Å². The van der Waals surface area contributed by atoms with Gasteiger partial charge in [0.1, 0.15) is 6.04 Å². The second kappa shape index (κ2) is 7.13. The van der Waals surface area contributed by atoms with Crippen LogP contribution in [0.1, 0.15) is 37.3 Å². The molecule has 2 aliphatic rings. The highest BCUT2D eigenvalue weighted by Gasteiger charge is 2.33. The molecule has 0 aromatic heterocycles. The topological polar surface area (TPSA) is 75.4 Å². The number of carbonyl (C=O) groups excluding carboxylic acids is 2. The molecular weight excluding hydrogens is 290 g/mol. The number of piperidine rings is 1. The summed E-state index contributed by atoms with van der Waals surface area (Å²) >= 11 is 0. The molecule has 2 atom stereocenters. The average Bonchev–Trinajstić information content (AvgIpc) is 3.38. The van der Waals surface area contributed by atoms with Crippen molar-refractivity contribution in [3.8, 4) is 0 Å². The standard InChI is InChI=1S/C18H25N3O2/c19-17(22)16(14-5-2-1-3-6-14)21-10-4-7-15(12-21)18(23)20-11-13-8-9-13/h1-3,5-6,13,15-16H,4,7-12H2,(H2,19,22)(H,20,23)/t15-,16+/m0/s1. The molecule has 124 valence electrons. The lowest BCUT2D eigenvalue weighted by atomic mass is 9.93. The van der Waals surface area contributed by atoms with Gasteiger partial charge in [-0.05, 0) is 43.7 Å². The Bertz CT molecular complexity index is 557. The molecule has 0 radical (unpaired) electrons. The normalized spacial score (nSPS) is 23.2. The maximum absolute atomic E-state index is 12.4. The first-order valence-electron chi connectivity index (χ1n) is 8.51. The van der Waals surface area contributed by atoms with E-state index in [-0.39, 0.29) is 17.7 Å². The highest BCUT2D eigenvalue weighted by Crippen LogP contribution is 2.29. The molecule has 1 aliphatic heterocycles. The van der Waals surface area contributed by atoms with Crippen LogP contribution in [0.15, 0.2) is 30.3 Å². The van der Waals surface area contributed by atoms with Gasteiger partial charge in [-0.15, -0.1) is 0 Å². The minimum atomic E-state index is -0.449. The third-order valence-corrected chi connectivity index (χ3v) is 4.84. The van der Waals surface area contributed by atoms with Gasteiger partial charge in [-0.25, -0.2) is 0 Å². The Morgan fingerprint density at radius 1 is 1.22 bits per heavy atom. The summed E-state index contributed by atoms with van der Waals surface area (Å²) in [6.45, 7) is 2.20. The van der Waals surface area contributed by atoms with E-state index in [0.717, 1.165) is 31.5 Å². The van der Waals surface area contributed by atoms with Crippen molar-refractivity contribution in [1.29, 1.82) is 0 Å². The maximum atomic E-state index is 12.4. The Labute approximate surface area is 137 Å². The molecule has 3 rings (SSSR count). The third kappa shape index (κ3) is 4.10. The fourth-order valence-electron chi connectivity index (χ4n) is 3.36. The monoisotopic (exact) mass is 315 g/mol. The molecular formula is C18H25N3O2. The molecule has 1 aromatic rings. The van der Waals surface area contributed by atoms with Crippen LogP contribution < -0.4 is 11.1 Å². The molecule has 5 heteroatoms. The first kappa shape index (κ1) is 16.0. The lowest BCUT2D eigenvalue weighted by Crippen LogP contribution is -2.47. The number of nitrogens with zero attached hydrogens (tertiary/aromatic N) is 1. The lowest BCUT2D eigenvalue weighted by Gasteiger charge is -2.36. The number of nitrogens with one attached hydrogen (secondary N) is 1. The Balaban J connectivity index is 1.65. The minimum Gasteiger partial charge on any atom is -0.368 e. The van der Waals surface area contributed by atoms with Gasteiger partial charge in [0, 0.05) is 13.1 Å². The van der Waals surface area contributed by atoms with Crippen molar-refractivity contribution >= 4 is 11.8 Å². The van der Waals surface area contributed by atoms with Gasteiger partial charge < -0.3 is 11.1 Å². The van der Waals surface area contributed by atoms with Crippen molar-refractivity contribution in [3.05, 3.63) is 35.9 Å². The summed E-state index contributed by atoms with van der Waals surface area (Å²) in [6.07, 6.45) is 4.26. The quantitative estimate of drug-likeness (QED) is 0.834. The summed E-state index contributed by atoms with van der Waals surface area (Å²) in [5.41, 5.74) is 6.55. The van der Waals surface area contributed by atoms with Gasteiger partial charge in [0.05, 0.1) is 5.92 Å². The number of primary amides is 1. The van der Waals surface area contributed by atoms with E-state index < -0.39 is 6.04 Å². The summed E-state index contributed by atoms with van der Waals surface area (Å²) in [4.78, 5) is 26.4. The van der Waals surface area contributed by atoms with Crippen molar-refractivity contribution in [1.82, 2.24) is 10.2 Å². The lowest BCUT2D eigenvalue weighted by molar-refractivity contribution is -0.130. The fraction of sp³-hybridized carbons (Fsp3) is 0.556.